The van der Waals surface area contributed by atoms with Gasteiger partial charge in [-0.05, 0) is 31.4 Å². The molecule has 1 unspecified atom stereocenters. The van der Waals surface area contributed by atoms with Crippen LogP contribution < -0.4 is 0 Å². The van der Waals surface area contributed by atoms with Crippen molar-refractivity contribution in [3.63, 3.8) is 0 Å². The van der Waals surface area contributed by atoms with E-state index >= 15 is 0 Å². The highest BCUT2D eigenvalue weighted by Crippen LogP contribution is 2.31. The predicted octanol–water partition coefficient (Wildman–Crippen LogP) is 3.94. The third kappa shape index (κ3) is 2.89. The summed E-state index contributed by atoms with van der Waals surface area (Å²) in [6.45, 7) is 4.86. The van der Waals surface area contributed by atoms with Gasteiger partial charge in [0.2, 0.25) is 0 Å². The van der Waals surface area contributed by atoms with E-state index in [1.54, 1.807) is 12.1 Å². The second kappa shape index (κ2) is 6.20. The van der Waals surface area contributed by atoms with E-state index in [1.165, 1.54) is 51.4 Å². The van der Waals surface area contributed by atoms with Crippen LogP contribution in [0.3, 0.4) is 0 Å². The van der Waals surface area contributed by atoms with Crippen LogP contribution in [0, 0.1) is 0 Å². The molecule has 0 aromatic carbocycles. The molecule has 2 heteroatoms. The maximum absolute atomic E-state index is 3.06. The lowest BCUT2D eigenvalue weighted by molar-refractivity contribution is 0.203. The van der Waals surface area contributed by atoms with Gasteiger partial charge in [-0.3, -0.25) is 0 Å². The van der Waals surface area contributed by atoms with E-state index < -0.39 is 8.96 Å². The van der Waals surface area contributed by atoms with Crippen molar-refractivity contribution in [2.45, 2.75) is 89.4 Å². The average molecular weight is 239 g/mol. The normalized spacial score (nSPS) is 26.4. The van der Waals surface area contributed by atoms with Crippen LogP contribution in [0.2, 0.25) is 12.1 Å². The van der Waals surface area contributed by atoms with Gasteiger partial charge in [0.1, 0.15) is 8.96 Å². The van der Waals surface area contributed by atoms with Crippen LogP contribution in [-0.4, -0.2) is 25.6 Å². The van der Waals surface area contributed by atoms with Crippen molar-refractivity contribution in [2.24, 2.45) is 0 Å². The standard InChI is InChI=1S/C14H29NSi/c1-3-13(2)15(16-11-7-8-12-16)14-9-5-4-6-10-14/h13-14,16H,3-12H2,1-2H3. The van der Waals surface area contributed by atoms with Gasteiger partial charge in [0.25, 0.3) is 0 Å². The Morgan fingerprint density at radius 2 is 1.69 bits per heavy atom. The molecule has 0 N–H and O–H groups in total. The summed E-state index contributed by atoms with van der Waals surface area (Å²) in [5.41, 5.74) is 0. The molecule has 1 aliphatic carbocycles. The van der Waals surface area contributed by atoms with E-state index in [9.17, 15) is 0 Å². The van der Waals surface area contributed by atoms with Gasteiger partial charge in [-0.15, -0.1) is 0 Å². The van der Waals surface area contributed by atoms with Gasteiger partial charge in [0.15, 0.2) is 0 Å². The first kappa shape index (κ1) is 12.6. The van der Waals surface area contributed by atoms with Gasteiger partial charge >= 0.3 is 0 Å². The molecule has 0 amide bonds. The fourth-order valence-corrected chi connectivity index (χ4v) is 8.04. The summed E-state index contributed by atoms with van der Waals surface area (Å²) in [4.78, 5) is 0. The van der Waals surface area contributed by atoms with Crippen LogP contribution in [0.15, 0.2) is 0 Å². The summed E-state index contributed by atoms with van der Waals surface area (Å²) < 4.78 is 3.06. The molecular weight excluding hydrogens is 210 g/mol. The van der Waals surface area contributed by atoms with Crippen LogP contribution in [0.5, 0.6) is 0 Å². The van der Waals surface area contributed by atoms with Crippen molar-refractivity contribution in [2.75, 3.05) is 0 Å². The smallest absolute Gasteiger partial charge is 0.112 e. The average Bonchev–Trinajstić information content (AvgIpc) is 2.84. The highest BCUT2D eigenvalue weighted by atomic mass is 28.3. The number of nitrogens with zero attached hydrogens (tertiary/aromatic N) is 1. The van der Waals surface area contributed by atoms with Gasteiger partial charge in [-0.2, -0.15) is 0 Å². The number of hydrogen-bond acceptors (Lipinski definition) is 1. The third-order valence-corrected chi connectivity index (χ3v) is 8.77. The molecule has 1 heterocycles. The summed E-state index contributed by atoms with van der Waals surface area (Å²) >= 11 is 0. The predicted molar refractivity (Wildman–Crippen MR) is 74.5 cm³/mol. The Morgan fingerprint density at radius 1 is 1.06 bits per heavy atom. The molecule has 2 fully saturated rings. The molecule has 2 rings (SSSR count). The van der Waals surface area contributed by atoms with Crippen molar-refractivity contribution in [3.05, 3.63) is 0 Å². The van der Waals surface area contributed by atoms with Crippen LogP contribution in [0.1, 0.15) is 65.2 Å². The topological polar surface area (TPSA) is 3.24 Å². The van der Waals surface area contributed by atoms with E-state index in [2.05, 4.69) is 18.4 Å². The molecule has 0 aromatic heterocycles. The Labute approximate surface area is 103 Å². The third-order valence-electron chi connectivity index (χ3n) is 4.84. The highest BCUT2D eigenvalue weighted by Gasteiger charge is 2.32. The molecule has 0 radical (unpaired) electrons. The number of hydrogen-bond donors (Lipinski definition) is 0. The van der Waals surface area contributed by atoms with Crippen molar-refractivity contribution in [1.29, 1.82) is 0 Å². The second-order valence-corrected chi connectivity index (χ2v) is 8.99. The minimum absolute atomic E-state index is 0.511. The summed E-state index contributed by atoms with van der Waals surface area (Å²) in [5, 5.41) is 0. The van der Waals surface area contributed by atoms with Gasteiger partial charge < -0.3 is 4.57 Å². The van der Waals surface area contributed by atoms with Crippen LogP contribution >= 0.6 is 0 Å². The van der Waals surface area contributed by atoms with Crippen molar-refractivity contribution in [1.82, 2.24) is 4.57 Å². The molecular formula is C14H29NSi. The molecule has 2 aliphatic rings. The van der Waals surface area contributed by atoms with Gasteiger partial charge in [-0.1, -0.05) is 46.0 Å². The first-order chi connectivity index (χ1) is 7.83. The fraction of sp³-hybridized carbons (Fsp3) is 1.00. The SMILES string of the molecule is CCC(C)N(C1CCCCC1)[SiH]1CCCC1. The minimum atomic E-state index is -0.511. The molecule has 0 aromatic rings. The first-order valence-corrected chi connectivity index (χ1v) is 9.75. The Balaban J connectivity index is 2.00. The van der Waals surface area contributed by atoms with Gasteiger partial charge in [-0.25, -0.2) is 0 Å². The summed E-state index contributed by atoms with van der Waals surface area (Å²) in [6, 6.07) is 5.08. The summed E-state index contributed by atoms with van der Waals surface area (Å²) in [5.74, 6) is 0. The lowest BCUT2D eigenvalue weighted by Crippen LogP contribution is -2.50. The Hall–Kier alpha value is 0.177. The van der Waals surface area contributed by atoms with Crippen molar-refractivity contribution in [3.8, 4) is 0 Å². The van der Waals surface area contributed by atoms with Crippen LogP contribution in [0.25, 0.3) is 0 Å². The van der Waals surface area contributed by atoms with E-state index in [1.807, 2.05) is 0 Å². The first-order valence-electron chi connectivity index (χ1n) is 7.60. The molecule has 0 bridgehead atoms. The van der Waals surface area contributed by atoms with Gasteiger partial charge in [0.05, 0.1) is 0 Å². The zero-order valence-electron chi connectivity index (χ0n) is 11.3. The lowest BCUT2D eigenvalue weighted by Gasteiger charge is -2.42. The van der Waals surface area contributed by atoms with Crippen molar-refractivity contribution >= 4 is 8.96 Å². The Kier molecular flexibility index (Phi) is 4.90. The summed E-state index contributed by atoms with van der Waals surface area (Å²) in [7, 11) is -0.511. The van der Waals surface area contributed by atoms with E-state index in [-0.39, 0.29) is 0 Å². The minimum Gasteiger partial charge on any atom is -0.321 e. The highest BCUT2D eigenvalue weighted by molar-refractivity contribution is 6.56. The van der Waals surface area contributed by atoms with Crippen molar-refractivity contribution < 1.29 is 0 Å². The zero-order valence-corrected chi connectivity index (χ0v) is 12.4. The maximum Gasteiger partial charge on any atom is 0.112 e. The number of rotatable bonds is 4. The molecule has 1 aliphatic heterocycles. The Morgan fingerprint density at radius 3 is 2.25 bits per heavy atom. The molecule has 94 valence electrons. The van der Waals surface area contributed by atoms with Gasteiger partial charge in [0, 0.05) is 12.1 Å². The zero-order chi connectivity index (χ0) is 11.4. The van der Waals surface area contributed by atoms with Crippen LogP contribution in [-0.2, 0) is 0 Å². The van der Waals surface area contributed by atoms with E-state index in [4.69, 9.17) is 0 Å². The molecule has 16 heavy (non-hydrogen) atoms. The largest absolute Gasteiger partial charge is 0.321 e. The lowest BCUT2D eigenvalue weighted by atomic mass is 9.95. The molecule has 0 spiro atoms. The molecule has 1 nitrogen and oxygen atoms in total. The Bertz CT molecular complexity index is 195. The molecule has 1 saturated carbocycles. The van der Waals surface area contributed by atoms with E-state index in [0.29, 0.717) is 0 Å². The maximum atomic E-state index is 3.06. The fourth-order valence-electron chi connectivity index (χ4n) is 3.81. The molecule has 1 saturated heterocycles. The quantitative estimate of drug-likeness (QED) is 0.672. The monoisotopic (exact) mass is 239 g/mol. The second-order valence-electron chi connectivity index (χ2n) is 5.93. The van der Waals surface area contributed by atoms with E-state index in [0.717, 1.165) is 12.1 Å². The van der Waals surface area contributed by atoms with Crippen LogP contribution in [0.4, 0.5) is 0 Å². The molecule has 1 atom stereocenters. The summed E-state index contributed by atoms with van der Waals surface area (Å²) in [6.07, 6.45) is 11.9.